The Balaban J connectivity index is 1.75. The zero-order chi connectivity index (χ0) is 17.2. The van der Waals surface area contributed by atoms with Crippen molar-refractivity contribution in [2.24, 2.45) is 0 Å². The lowest BCUT2D eigenvalue weighted by Gasteiger charge is -2.17. The molecule has 3 heterocycles. The molecule has 3 aromatic heterocycles. The van der Waals surface area contributed by atoms with Gasteiger partial charge in [0.25, 0.3) is 0 Å². The van der Waals surface area contributed by atoms with E-state index in [4.69, 9.17) is 0 Å². The highest BCUT2D eigenvalue weighted by Crippen LogP contribution is 2.31. The zero-order valence-corrected chi connectivity index (χ0v) is 14.2. The molecule has 1 amide bonds. The third-order valence-corrected chi connectivity index (χ3v) is 4.79. The molecule has 0 aliphatic rings. The summed E-state index contributed by atoms with van der Waals surface area (Å²) in [6, 6.07) is 10.2. The van der Waals surface area contributed by atoms with E-state index in [2.05, 4.69) is 41.0 Å². The number of thiophene rings is 1. The average Bonchev–Trinajstić information content (AvgIpc) is 3.36. The van der Waals surface area contributed by atoms with Gasteiger partial charge in [-0.3, -0.25) is 5.32 Å². The number of nitrogens with zero attached hydrogens (tertiary/aromatic N) is 3. The minimum atomic E-state index is -0.561. The van der Waals surface area contributed by atoms with Gasteiger partial charge in [-0.25, -0.2) is 14.8 Å². The maximum atomic E-state index is 11.3. The van der Waals surface area contributed by atoms with Gasteiger partial charge in [0.2, 0.25) is 5.95 Å². The van der Waals surface area contributed by atoms with Crippen LogP contribution in [-0.2, 0) is 4.74 Å². The molecule has 4 aromatic rings. The molecule has 1 unspecified atom stereocenters. The molecule has 2 N–H and O–H groups in total. The number of hydrogen-bond acceptors (Lipinski definition) is 5. The highest BCUT2D eigenvalue weighted by molar-refractivity contribution is 7.10. The minimum Gasteiger partial charge on any atom is -0.453 e. The fourth-order valence-electron chi connectivity index (χ4n) is 2.76. The molecule has 0 saturated heterocycles. The number of imidazole rings is 2. The Morgan fingerprint density at radius 1 is 1.40 bits per heavy atom. The summed E-state index contributed by atoms with van der Waals surface area (Å²) in [6.45, 7) is 0. The lowest BCUT2D eigenvalue weighted by Crippen LogP contribution is -2.11. The highest BCUT2D eigenvalue weighted by atomic mass is 32.1. The number of carbonyl (C=O) groups excluding carboxylic acids is 1. The number of methoxy groups -OCH3 is 1. The van der Waals surface area contributed by atoms with Gasteiger partial charge in [-0.05, 0) is 29.1 Å². The van der Waals surface area contributed by atoms with Gasteiger partial charge in [0.05, 0.1) is 30.5 Å². The number of hydrogen-bond donors (Lipinski definition) is 2. The first-order chi connectivity index (χ1) is 12.2. The molecule has 1 aromatic carbocycles. The molecule has 4 rings (SSSR count). The number of aromatic amines is 1. The lowest BCUT2D eigenvalue weighted by molar-refractivity contribution is 0.186. The van der Waals surface area contributed by atoms with Crippen LogP contribution in [-0.4, -0.2) is 32.7 Å². The van der Waals surface area contributed by atoms with Gasteiger partial charge in [0.15, 0.2) is 0 Å². The summed E-state index contributed by atoms with van der Waals surface area (Å²) < 4.78 is 6.66. The van der Waals surface area contributed by atoms with E-state index in [0.717, 1.165) is 16.6 Å². The maximum absolute atomic E-state index is 11.3. The highest BCUT2D eigenvalue weighted by Gasteiger charge is 2.18. The lowest BCUT2D eigenvalue weighted by atomic mass is 10.0. The van der Waals surface area contributed by atoms with Crippen molar-refractivity contribution in [2.75, 3.05) is 12.4 Å². The molecule has 1 atom stereocenters. The Hall–Kier alpha value is -3.13. The van der Waals surface area contributed by atoms with Crippen molar-refractivity contribution in [3.63, 3.8) is 0 Å². The first-order valence-corrected chi connectivity index (χ1v) is 8.48. The predicted molar refractivity (Wildman–Crippen MR) is 95.9 cm³/mol. The molecule has 0 fully saturated rings. The van der Waals surface area contributed by atoms with E-state index < -0.39 is 6.09 Å². The zero-order valence-electron chi connectivity index (χ0n) is 13.3. The Morgan fingerprint density at radius 2 is 2.32 bits per heavy atom. The molecule has 0 radical (unpaired) electrons. The molecule has 0 saturated carbocycles. The Labute approximate surface area is 147 Å². The van der Waals surface area contributed by atoms with Crippen LogP contribution >= 0.6 is 11.3 Å². The van der Waals surface area contributed by atoms with Crippen LogP contribution in [0.2, 0.25) is 0 Å². The second-order valence-electron chi connectivity index (χ2n) is 5.41. The fraction of sp³-hybridized carbons (Fsp3) is 0.118. The fourth-order valence-corrected chi connectivity index (χ4v) is 3.61. The Morgan fingerprint density at radius 3 is 3.04 bits per heavy atom. The summed E-state index contributed by atoms with van der Waals surface area (Å²) in [4.78, 5) is 24.2. The summed E-state index contributed by atoms with van der Waals surface area (Å²) in [5, 5.41) is 4.61. The van der Waals surface area contributed by atoms with Crippen LogP contribution in [0.15, 0.2) is 54.4 Å². The molecule has 7 nitrogen and oxygen atoms in total. The van der Waals surface area contributed by atoms with Crippen LogP contribution in [0.4, 0.5) is 10.7 Å². The van der Waals surface area contributed by atoms with Crippen molar-refractivity contribution in [3.05, 3.63) is 64.9 Å². The smallest absolute Gasteiger partial charge is 0.413 e. The summed E-state index contributed by atoms with van der Waals surface area (Å²) in [7, 11) is 1.31. The first kappa shape index (κ1) is 15.4. The van der Waals surface area contributed by atoms with Crippen LogP contribution in [0.3, 0.4) is 0 Å². The van der Waals surface area contributed by atoms with Crippen molar-refractivity contribution >= 4 is 34.4 Å². The molecule has 0 bridgehead atoms. The van der Waals surface area contributed by atoms with Gasteiger partial charge in [0, 0.05) is 17.3 Å². The average molecular weight is 353 g/mol. The van der Waals surface area contributed by atoms with E-state index in [9.17, 15) is 4.79 Å². The van der Waals surface area contributed by atoms with Crippen molar-refractivity contribution in [2.45, 2.75) is 6.04 Å². The van der Waals surface area contributed by atoms with Crippen molar-refractivity contribution < 1.29 is 9.53 Å². The quantitative estimate of drug-likeness (QED) is 0.587. The van der Waals surface area contributed by atoms with Gasteiger partial charge in [-0.1, -0.05) is 12.1 Å². The molecule has 126 valence electrons. The minimum absolute atomic E-state index is 0.0345. The molecule has 0 aliphatic carbocycles. The monoisotopic (exact) mass is 353 g/mol. The third kappa shape index (κ3) is 2.99. The second kappa shape index (κ2) is 6.40. The third-order valence-electron chi connectivity index (χ3n) is 3.86. The van der Waals surface area contributed by atoms with Gasteiger partial charge in [-0.2, -0.15) is 0 Å². The molecular weight excluding hydrogens is 338 g/mol. The number of nitrogens with one attached hydrogen (secondary N) is 2. The Bertz CT molecular complexity index is 957. The van der Waals surface area contributed by atoms with E-state index in [1.54, 1.807) is 17.5 Å². The predicted octanol–water partition coefficient (Wildman–Crippen LogP) is 3.64. The normalized spacial score (nSPS) is 12.2. The van der Waals surface area contributed by atoms with Gasteiger partial charge < -0.3 is 14.3 Å². The summed E-state index contributed by atoms with van der Waals surface area (Å²) >= 11 is 1.70. The molecule has 0 spiro atoms. The van der Waals surface area contributed by atoms with E-state index in [0.29, 0.717) is 5.95 Å². The number of anilines is 1. The maximum Gasteiger partial charge on any atom is 0.413 e. The van der Waals surface area contributed by atoms with E-state index in [1.165, 1.54) is 12.0 Å². The number of aromatic nitrogens is 4. The number of amides is 1. The van der Waals surface area contributed by atoms with E-state index >= 15 is 0 Å². The summed E-state index contributed by atoms with van der Waals surface area (Å²) in [5.74, 6) is 0.356. The molecule has 25 heavy (non-hydrogen) atoms. The van der Waals surface area contributed by atoms with Crippen LogP contribution < -0.4 is 5.32 Å². The standard InChI is InChI=1S/C17H15N5O2S/c1-24-17(23)21-16-19-12-5-4-11(9-13(12)20-16)15(14-3-2-8-25-14)22-7-6-18-10-22/h2-10,15H,1H3,(H2,19,20,21,23). The van der Waals surface area contributed by atoms with Crippen molar-refractivity contribution in [1.29, 1.82) is 0 Å². The number of fused-ring (bicyclic) bond motifs is 1. The first-order valence-electron chi connectivity index (χ1n) is 7.60. The van der Waals surface area contributed by atoms with Crippen LogP contribution in [0.5, 0.6) is 0 Å². The van der Waals surface area contributed by atoms with Gasteiger partial charge >= 0.3 is 6.09 Å². The van der Waals surface area contributed by atoms with Crippen LogP contribution in [0.25, 0.3) is 11.0 Å². The number of rotatable bonds is 4. The summed E-state index contributed by atoms with van der Waals surface area (Å²) in [6.07, 6.45) is 4.97. The SMILES string of the molecule is COC(=O)Nc1nc2ccc(C(c3cccs3)n3ccnc3)cc2[nH]1. The van der Waals surface area contributed by atoms with Crippen molar-refractivity contribution in [3.8, 4) is 0 Å². The van der Waals surface area contributed by atoms with Gasteiger partial charge in [-0.15, -0.1) is 11.3 Å². The Kier molecular flexibility index (Phi) is 3.95. The molecule has 8 heteroatoms. The van der Waals surface area contributed by atoms with E-state index in [1.807, 2.05) is 36.8 Å². The number of benzene rings is 1. The molecular formula is C17H15N5O2S. The number of H-pyrrole nitrogens is 1. The number of ether oxygens (including phenoxy) is 1. The van der Waals surface area contributed by atoms with Crippen LogP contribution in [0.1, 0.15) is 16.5 Å². The summed E-state index contributed by atoms with van der Waals surface area (Å²) in [5.41, 5.74) is 2.71. The second-order valence-corrected chi connectivity index (χ2v) is 6.39. The largest absolute Gasteiger partial charge is 0.453 e. The van der Waals surface area contributed by atoms with Gasteiger partial charge in [0.1, 0.15) is 0 Å². The van der Waals surface area contributed by atoms with E-state index in [-0.39, 0.29) is 6.04 Å². The number of carbonyl (C=O) groups is 1. The van der Waals surface area contributed by atoms with Crippen LogP contribution in [0, 0.1) is 0 Å². The topological polar surface area (TPSA) is 84.8 Å². The van der Waals surface area contributed by atoms with Crippen molar-refractivity contribution in [1.82, 2.24) is 19.5 Å². The molecule has 0 aliphatic heterocycles.